The van der Waals surface area contributed by atoms with Crippen LogP contribution >= 0.6 is 11.3 Å². The smallest absolute Gasteiger partial charge is 0.347 e. The number of alkyl halides is 3. The van der Waals surface area contributed by atoms with Gasteiger partial charge in [-0.2, -0.15) is 13.2 Å². The Kier molecular flexibility index (Phi) is 3.56. The molecule has 18 heavy (non-hydrogen) atoms. The monoisotopic (exact) mass is 279 g/mol. The van der Waals surface area contributed by atoms with Crippen molar-refractivity contribution in [2.75, 3.05) is 18.0 Å². The summed E-state index contributed by atoms with van der Waals surface area (Å²) < 4.78 is 37.1. The zero-order chi connectivity index (χ0) is 13.3. The molecule has 1 aromatic heterocycles. The summed E-state index contributed by atoms with van der Waals surface area (Å²) >= 11 is 0.550. The lowest BCUT2D eigenvalue weighted by Crippen LogP contribution is -2.35. The molecule has 1 saturated heterocycles. The highest BCUT2D eigenvalue weighted by atomic mass is 32.1. The fourth-order valence-corrected chi connectivity index (χ4v) is 2.70. The Morgan fingerprint density at radius 2 is 1.94 bits per heavy atom. The zero-order valence-electron chi connectivity index (χ0n) is 9.70. The molecule has 4 nitrogen and oxygen atoms in total. The molecule has 0 aliphatic carbocycles. The molecule has 0 N–H and O–H groups in total. The fourth-order valence-electron chi connectivity index (χ4n) is 1.94. The summed E-state index contributed by atoms with van der Waals surface area (Å²) in [4.78, 5) is 12.9. The van der Waals surface area contributed by atoms with Crippen molar-refractivity contribution in [3.63, 3.8) is 0 Å². The van der Waals surface area contributed by atoms with Crippen LogP contribution in [0.5, 0.6) is 0 Å². The van der Waals surface area contributed by atoms with Gasteiger partial charge in [0.25, 0.3) is 0 Å². The Bertz CT molecular complexity index is 438. The van der Waals surface area contributed by atoms with Crippen molar-refractivity contribution in [1.29, 1.82) is 0 Å². The number of ketones is 1. The van der Waals surface area contributed by atoms with E-state index < -0.39 is 11.2 Å². The zero-order valence-corrected chi connectivity index (χ0v) is 10.5. The van der Waals surface area contributed by atoms with E-state index in [1.807, 2.05) is 0 Å². The number of piperidine rings is 1. The Balaban J connectivity index is 2.02. The third-order valence-electron chi connectivity index (χ3n) is 3.00. The second-order valence-corrected chi connectivity index (χ2v) is 5.22. The Labute approximate surface area is 106 Å². The first-order valence-electron chi connectivity index (χ1n) is 5.54. The average Bonchev–Trinajstić information content (AvgIpc) is 2.78. The standard InChI is InChI=1S/C10H12F3N3OS/c1-6(17)7-2-4-16(5-3-7)9-15-14-8(18-9)10(11,12)13/h7H,2-5H2,1H3. The molecule has 0 bridgehead atoms. The summed E-state index contributed by atoms with van der Waals surface area (Å²) in [5.41, 5.74) is 0. The lowest BCUT2D eigenvalue weighted by molar-refractivity contribution is -0.138. The van der Waals surface area contributed by atoms with Gasteiger partial charge in [0.15, 0.2) is 0 Å². The molecule has 1 aliphatic rings. The van der Waals surface area contributed by atoms with Crippen molar-refractivity contribution in [1.82, 2.24) is 10.2 Å². The van der Waals surface area contributed by atoms with Gasteiger partial charge in [-0.15, -0.1) is 10.2 Å². The van der Waals surface area contributed by atoms with Crippen molar-refractivity contribution in [2.45, 2.75) is 25.9 Å². The van der Waals surface area contributed by atoms with E-state index in [0.717, 1.165) is 0 Å². The summed E-state index contributed by atoms with van der Waals surface area (Å²) in [5.74, 6) is 0.166. The molecule has 1 fully saturated rings. The van der Waals surface area contributed by atoms with Crippen LogP contribution in [0, 0.1) is 5.92 Å². The Morgan fingerprint density at radius 1 is 1.33 bits per heavy atom. The van der Waals surface area contributed by atoms with Crippen molar-refractivity contribution in [3.8, 4) is 0 Å². The molecule has 100 valence electrons. The number of halogens is 3. The van der Waals surface area contributed by atoms with E-state index in [4.69, 9.17) is 0 Å². The van der Waals surface area contributed by atoms with Gasteiger partial charge in [-0.25, -0.2) is 0 Å². The molecular weight excluding hydrogens is 267 g/mol. The minimum atomic E-state index is -4.44. The second kappa shape index (κ2) is 4.83. The van der Waals surface area contributed by atoms with Gasteiger partial charge in [0.1, 0.15) is 5.78 Å². The first kappa shape index (κ1) is 13.3. The van der Waals surface area contributed by atoms with Crippen molar-refractivity contribution >= 4 is 22.3 Å². The number of hydrogen-bond acceptors (Lipinski definition) is 5. The maximum Gasteiger partial charge on any atom is 0.445 e. The van der Waals surface area contributed by atoms with Gasteiger partial charge in [-0.05, 0) is 19.8 Å². The molecule has 0 amide bonds. The topological polar surface area (TPSA) is 46.1 Å². The molecule has 8 heteroatoms. The SMILES string of the molecule is CC(=O)C1CCN(c2nnc(C(F)(F)F)s2)CC1. The third-order valence-corrected chi connectivity index (χ3v) is 4.03. The van der Waals surface area contributed by atoms with E-state index in [1.165, 1.54) is 0 Å². The molecule has 0 radical (unpaired) electrons. The number of nitrogens with zero attached hydrogens (tertiary/aromatic N) is 3. The van der Waals surface area contributed by atoms with Crippen LogP contribution in [0.2, 0.25) is 0 Å². The van der Waals surface area contributed by atoms with Crippen molar-refractivity contribution in [2.24, 2.45) is 5.92 Å². The van der Waals surface area contributed by atoms with Gasteiger partial charge >= 0.3 is 6.18 Å². The largest absolute Gasteiger partial charge is 0.445 e. The predicted octanol–water partition coefficient (Wildman–Crippen LogP) is 2.36. The number of rotatable bonds is 2. The lowest BCUT2D eigenvalue weighted by Gasteiger charge is -2.30. The molecule has 2 heterocycles. The molecule has 1 aliphatic heterocycles. The Hall–Kier alpha value is -1.18. The molecule has 0 aromatic carbocycles. The summed E-state index contributed by atoms with van der Waals surface area (Å²) in [6, 6.07) is 0. The minimum absolute atomic E-state index is 0.0243. The first-order chi connectivity index (χ1) is 8.38. The van der Waals surface area contributed by atoms with Gasteiger partial charge in [-0.1, -0.05) is 11.3 Å². The van der Waals surface area contributed by atoms with Crippen molar-refractivity contribution in [3.05, 3.63) is 5.01 Å². The second-order valence-electron chi connectivity index (χ2n) is 4.26. The van der Waals surface area contributed by atoms with Gasteiger partial charge in [0.2, 0.25) is 10.1 Å². The number of aromatic nitrogens is 2. The third kappa shape index (κ3) is 2.80. The average molecular weight is 279 g/mol. The maximum atomic E-state index is 12.4. The fraction of sp³-hybridized carbons (Fsp3) is 0.700. The van der Waals surface area contributed by atoms with Crippen LogP contribution in [0.1, 0.15) is 24.8 Å². The molecular formula is C10H12F3N3OS. The van der Waals surface area contributed by atoms with E-state index in [-0.39, 0.29) is 16.8 Å². The number of Topliss-reactive ketones (excluding diaryl/α,β-unsaturated/α-hetero) is 1. The lowest BCUT2D eigenvalue weighted by atomic mass is 9.94. The normalized spacial score (nSPS) is 18.1. The van der Waals surface area contributed by atoms with Crippen LogP contribution in [-0.2, 0) is 11.0 Å². The predicted molar refractivity (Wildman–Crippen MR) is 60.5 cm³/mol. The van der Waals surface area contributed by atoms with E-state index >= 15 is 0 Å². The summed E-state index contributed by atoms with van der Waals surface area (Å²) in [6.07, 6.45) is -3.11. The van der Waals surface area contributed by atoms with Crippen LogP contribution in [0.25, 0.3) is 0 Å². The summed E-state index contributed by atoms with van der Waals surface area (Å²) in [7, 11) is 0. The van der Waals surface area contributed by atoms with E-state index in [2.05, 4.69) is 10.2 Å². The number of carbonyl (C=O) groups excluding carboxylic acids is 1. The van der Waals surface area contributed by atoms with Gasteiger partial charge in [-0.3, -0.25) is 4.79 Å². The summed E-state index contributed by atoms with van der Waals surface area (Å²) in [6.45, 7) is 2.65. The highest BCUT2D eigenvalue weighted by Gasteiger charge is 2.36. The maximum absolute atomic E-state index is 12.4. The number of carbonyl (C=O) groups is 1. The van der Waals surface area contributed by atoms with E-state index in [9.17, 15) is 18.0 Å². The van der Waals surface area contributed by atoms with Crippen LogP contribution < -0.4 is 4.90 Å². The molecule has 2 rings (SSSR count). The number of anilines is 1. The van der Waals surface area contributed by atoms with Crippen LogP contribution in [0.4, 0.5) is 18.3 Å². The summed E-state index contributed by atoms with van der Waals surface area (Å²) in [5, 5.41) is 6.07. The molecule has 0 unspecified atom stereocenters. The minimum Gasteiger partial charge on any atom is -0.347 e. The van der Waals surface area contributed by atoms with Crippen LogP contribution in [0.3, 0.4) is 0 Å². The Morgan fingerprint density at radius 3 is 2.39 bits per heavy atom. The molecule has 0 spiro atoms. The van der Waals surface area contributed by atoms with Crippen LogP contribution in [0.15, 0.2) is 0 Å². The highest BCUT2D eigenvalue weighted by Crippen LogP contribution is 2.35. The van der Waals surface area contributed by atoms with Gasteiger partial charge < -0.3 is 4.90 Å². The quantitative estimate of drug-likeness (QED) is 0.833. The molecule has 1 aromatic rings. The van der Waals surface area contributed by atoms with Gasteiger partial charge in [0, 0.05) is 19.0 Å². The van der Waals surface area contributed by atoms with E-state index in [1.54, 1.807) is 11.8 Å². The van der Waals surface area contributed by atoms with Gasteiger partial charge in [0.05, 0.1) is 0 Å². The number of hydrogen-bond donors (Lipinski definition) is 0. The van der Waals surface area contributed by atoms with E-state index in [0.29, 0.717) is 37.3 Å². The highest BCUT2D eigenvalue weighted by molar-refractivity contribution is 7.15. The molecule has 0 saturated carbocycles. The first-order valence-corrected chi connectivity index (χ1v) is 6.35. The van der Waals surface area contributed by atoms with Crippen molar-refractivity contribution < 1.29 is 18.0 Å². The van der Waals surface area contributed by atoms with Crippen LogP contribution in [-0.4, -0.2) is 29.1 Å². The molecule has 0 atom stereocenters.